The number of nitrogens with zero attached hydrogens (tertiary/aromatic N) is 3. The molecule has 1 aromatic heterocycles. The predicted octanol–water partition coefficient (Wildman–Crippen LogP) is 3.28. The molecule has 4 rings (SSSR count). The molecule has 33 heavy (non-hydrogen) atoms. The lowest BCUT2D eigenvalue weighted by Crippen LogP contribution is -2.42. The molecular weight excluding hydrogens is 428 g/mol. The summed E-state index contributed by atoms with van der Waals surface area (Å²) in [6.07, 6.45) is 6.45. The molecule has 176 valence electrons. The predicted molar refractivity (Wildman–Crippen MR) is 118 cm³/mol. The molecule has 2 bridgehead atoms. The van der Waals surface area contributed by atoms with Crippen LogP contribution in [-0.2, 0) is 9.53 Å². The fraction of sp³-hybridized carbons (Fsp3) is 0.522. The molecule has 1 amide bonds. The molecule has 1 N–H and O–H groups in total. The number of nitro benzene ring substituents is 1. The van der Waals surface area contributed by atoms with Gasteiger partial charge in [0.1, 0.15) is 0 Å². The van der Waals surface area contributed by atoms with Crippen LogP contribution < -0.4 is 10.1 Å². The van der Waals surface area contributed by atoms with Crippen LogP contribution >= 0.6 is 0 Å². The second kappa shape index (κ2) is 9.60. The number of benzene rings is 1. The van der Waals surface area contributed by atoms with Crippen molar-refractivity contribution in [2.24, 2.45) is 17.8 Å². The number of amides is 1. The third-order valence-electron chi connectivity index (χ3n) is 6.66. The number of ether oxygens (including phenoxy) is 2. The first kappa shape index (κ1) is 22.8. The van der Waals surface area contributed by atoms with Gasteiger partial charge in [-0.15, -0.1) is 0 Å². The van der Waals surface area contributed by atoms with Crippen LogP contribution in [0.3, 0.4) is 0 Å². The van der Waals surface area contributed by atoms with E-state index in [2.05, 4.69) is 10.4 Å². The number of carbonyl (C=O) groups is 2. The second-order valence-electron chi connectivity index (χ2n) is 8.76. The van der Waals surface area contributed by atoms with Crippen molar-refractivity contribution in [1.29, 1.82) is 0 Å². The lowest BCUT2D eigenvalue weighted by Gasteiger charge is -2.28. The van der Waals surface area contributed by atoms with Gasteiger partial charge in [0.05, 0.1) is 23.4 Å². The Labute approximate surface area is 191 Å². The fourth-order valence-electron chi connectivity index (χ4n) is 5.12. The molecule has 0 saturated heterocycles. The quantitative estimate of drug-likeness (QED) is 0.349. The Hall–Kier alpha value is -3.43. The number of nitro groups is 1. The maximum absolute atomic E-state index is 12.5. The van der Waals surface area contributed by atoms with E-state index in [1.807, 2.05) is 6.92 Å². The van der Waals surface area contributed by atoms with Crippen molar-refractivity contribution in [2.75, 3.05) is 13.2 Å². The maximum atomic E-state index is 12.5. The van der Waals surface area contributed by atoms with Crippen LogP contribution in [0.5, 0.6) is 5.75 Å². The highest BCUT2D eigenvalue weighted by Crippen LogP contribution is 2.49. The molecular formula is C23H28N4O6. The van der Waals surface area contributed by atoms with Crippen LogP contribution in [0, 0.1) is 27.9 Å². The standard InChI is InChI=1S/C23H28N4O6/c1-3-32-23(29)22-20(12-26(25-22)17-6-8-18(9-7-17)27(30)31)33-13-21(28)24-14(2)19-11-15-4-5-16(19)10-15/h6-9,12,14-16,19H,3-5,10-11,13H2,1-2H3,(H,24,28)/t14-,15-,16-,19-/m0/s1. The van der Waals surface area contributed by atoms with E-state index in [1.54, 1.807) is 6.92 Å². The molecule has 0 aliphatic heterocycles. The first-order valence-corrected chi connectivity index (χ1v) is 11.3. The maximum Gasteiger partial charge on any atom is 0.362 e. The van der Waals surface area contributed by atoms with Crippen LogP contribution in [0.25, 0.3) is 5.69 Å². The highest BCUT2D eigenvalue weighted by molar-refractivity contribution is 5.90. The van der Waals surface area contributed by atoms with Crippen LogP contribution in [0.15, 0.2) is 30.5 Å². The van der Waals surface area contributed by atoms with Crippen LogP contribution in [0.2, 0.25) is 0 Å². The monoisotopic (exact) mass is 456 g/mol. The summed E-state index contributed by atoms with van der Waals surface area (Å²) in [7, 11) is 0. The topological polar surface area (TPSA) is 126 Å². The van der Waals surface area contributed by atoms with Crippen LogP contribution in [-0.4, -0.2) is 45.8 Å². The van der Waals surface area contributed by atoms with Gasteiger partial charge in [0, 0.05) is 18.2 Å². The first-order valence-electron chi connectivity index (χ1n) is 11.3. The van der Waals surface area contributed by atoms with Crippen LogP contribution in [0.1, 0.15) is 50.0 Å². The largest absolute Gasteiger partial charge is 0.480 e. The molecule has 10 nitrogen and oxygen atoms in total. The number of non-ortho nitro benzene ring substituents is 1. The van der Waals surface area contributed by atoms with Crippen molar-refractivity contribution in [2.45, 2.75) is 45.6 Å². The summed E-state index contributed by atoms with van der Waals surface area (Å²) in [6.45, 7) is 3.62. The third-order valence-corrected chi connectivity index (χ3v) is 6.66. The molecule has 0 spiro atoms. The van der Waals surface area contributed by atoms with Gasteiger partial charge in [0.25, 0.3) is 11.6 Å². The molecule has 2 saturated carbocycles. The van der Waals surface area contributed by atoms with Gasteiger partial charge in [-0.1, -0.05) is 6.42 Å². The van der Waals surface area contributed by atoms with E-state index >= 15 is 0 Å². The molecule has 1 heterocycles. The lowest BCUT2D eigenvalue weighted by atomic mass is 9.84. The SMILES string of the molecule is CCOC(=O)c1nn(-c2ccc([N+](=O)[O-])cc2)cc1OCC(=O)N[C@@H](C)[C@@H]1C[C@H]2CC[C@H]1C2. The molecule has 4 atom stereocenters. The fourth-order valence-corrected chi connectivity index (χ4v) is 5.12. The Morgan fingerprint density at radius 3 is 2.64 bits per heavy atom. The number of hydrogen-bond acceptors (Lipinski definition) is 7. The molecule has 2 fully saturated rings. The number of esters is 1. The van der Waals surface area contributed by atoms with Gasteiger partial charge in [0.15, 0.2) is 12.4 Å². The van der Waals surface area contributed by atoms with Gasteiger partial charge >= 0.3 is 5.97 Å². The Morgan fingerprint density at radius 1 is 1.27 bits per heavy atom. The Balaban J connectivity index is 1.43. The van der Waals surface area contributed by atoms with Crippen molar-refractivity contribution in [3.05, 3.63) is 46.3 Å². The van der Waals surface area contributed by atoms with Crippen molar-refractivity contribution in [3.63, 3.8) is 0 Å². The van der Waals surface area contributed by atoms with E-state index in [4.69, 9.17) is 9.47 Å². The zero-order valence-corrected chi connectivity index (χ0v) is 18.7. The molecule has 2 aromatic rings. The number of aromatic nitrogens is 2. The average molecular weight is 456 g/mol. The first-order chi connectivity index (χ1) is 15.9. The van der Waals surface area contributed by atoms with Gasteiger partial charge in [0.2, 0.25) is 5.69 Å². The summed E-state index contributed by atoms with van der Waals surface area (Å²) in [6, 6.07) is 5.77. The molecule has 2 aliphatic carbocycles. The summed E-state index contributed by atoms with van der Waals surface area (Å²) < 4.78 is 12.1. The van der Waals surface area contributed by atoms with Gasteiger partial charge in [-0.25, -0.2) is 9.48 Å². The molecule has 0 radical (unpaired) electrons. The lowest BCUT2D eigenvalue weighted by molar-refractivity contribution is -0.384. The Bertz CT molecular complexity index is 1030. The van der Waals surface area contributed by atoms with E-state index in [0.717, 1.165) is 5.92 Å². The minimum absolute atomic E-state index is 0.0609. The molecule has 10 heteroatoms. The Morgan fingerprint density at radius 2 is 2.03 bits per heavy atom. The highest BCUT2D eigenvalue weighted by Gasteiger charge is 2.42. The van der Waals surface area contributed by atoms with E-state index in [0.29, 0.717) is 17.5 Å². The van der Waals surface area contributed by atoms with Crippen molar-refractivity contribution in [1.82, 2.24) is 15.1 Å². The summed E-state index contributed by atoms with van der Waals surface area (Å²) >= 11 is 0. The van der Waals surface area contributed by atoms with E-state index in [9.17, 15) is 19.7 Å². The summed E-state index contributed by atoms with van der Waals surface area (Å²) in [5.41, 5.74) is 0.369. The van der Waals surface area contributed by atoms with E-state index in [-0.39, 0.29) is 42.3 Å². The molecule has 1 aromatic carbocycles. The van der Waals surface area contributed by atoms with Crippen molar-refractivity contribution < 1.29 is 24.0 Å². The number of carbonyl (C=O) groups excluding carboxylic acids is 2. The van der Waals surface area contributed by atoms with E-state index < -0.39 is 10.9 Å². The van der Waals surface area contributed by atoms with Gasteiger partial charge in [-0.05, 0) is 63.0 Å². The molecule has 0 unspecified atom stereocenters. The zero-order chi connectivity index (χ0) is 23.5. The average Bonchev–Trinajstić information content (AvgIpc) is 3.53. The zero-order valence-electron chi connectivity index (χ0n) is 18.7. The second-order valence-corrected chi connectivity index (χ2v) is 8.76. The summed E-state index contributed by atoms with van der Waals surface area (Å²) in [5.74, 6) is 1.17. The molecule has 2 aliphatic rings. The van der Waals surface area contributed by atoms with Crippen molar-refractivity contribution >= 4 is 17.6 Å². The van der Waals surface area contributed by atoms with Gasteiger partial charge in [-0.3, -0.25) is 14.9 Å². The number of rotatable bonds is 9. The highest BCUT2D eigenvalue weighted by atomic mass is 16.6. The normalized spacial score (nSPS) is 22.1. The summed E-state index contributed by atoms with van der Waals surface area (Å²) in [5, 5.41) is 18.1. The number of nitrogens with one attached hydrogen (secondary N) is 1. The number of fused-ring (bicyclic) bond motifs is 2. The van der Waals surface area contributed by atoms with Crippen LogP contribution in [0.4, 0.5) is 5.69 Å². The summed E-state index contributed by atoms with van der Waals surface area (Å²) in [4.78, 5) is 35.3. The number of hydrogen-bond donors (Lipinski definition) is 1. The third kappa shape index (κ3) is 4.99. The Kier molecular flexibility index (Phi) is 6.62. The van der Waals surface area contributed by atoms with Crippen molar-refractivity contribution in [3.8, 4) is 11.4 Å². The van der Waals surface area contributed by atoms with E-state index in [1.165, 1.54) is 60.8 Å². The smallest absolute Gasteiger partial charge is 0.362 e. The minimum atomic E-state index is -0.677. The minimum Gasteiger partial charge on any atom is -0.480 e. The van der Waals surface area contributed by atoms with Gasteiger partial charge in [-0.2, -0.15) is 5.10 Å². The van der Waals surface area contributed by atoms with Gasteiger partial charge < -0.3 is 14.8 Å².